The summed E-state index contributed by atoms with van der Waals surface area (Å²) in [6, 6.07) is 0.471. The molecule has 1 heterocycles. The van der Waals surface area contributed by atoms with Crippen LogP contribution in [-0.4, -0.2) is 21.7 Å². The topological polar surface area (TPSA) is 39.0 Å². The first-order valence-corrected chi connectivity index (χ1v) is 5.14. The number of hydrogen-bond acceptors (Lipinski definition) is 2. The minimum absolute atomic E-state index is 0.0815. The summed E-state index contributed by atoms with van der Waals surface area (Å²) < 4.78 is 3.44. The molecule has 4 nitrogen and oxygen atoms in total. The highest BCUT2D eigenvalue weighted by Crippen LogP contribution is 1.85. The fourth-order valence-corrected chi connectivity index (χ4v) is 1.34. The molecule has 0 aliphatic carbocycles. The summed E-state index contributed by atoms with van der Waals surface area (Å²) in [6.07, 6.45) is 3.67. The number of hydrogen-bond donors (Lipinski definition) is 1. The van der Waals surface area contributed by atoms with Crippen LogP contribution >= 0.6 is 0 Å². The molecule has 0 radical (unpaired) electrons. The van der Waals surface area contributed by atoms with Crippen LogP contribution in [0.1, 0.15) is 20.8 Å². The second-order valence-electron chi connectivity index (χ2n) is 3.67. The minimum Gasteiger partial charge on any atom is -0.313 e. The SMILES string of the molecule is CCn1ccn(CCNC(C)C)c1=O. The van der Waals surface area contributed by atoms with E-state index in [9.17, 15) is 4.79 Å². The highest BCUT2D eigenvalue weighted by Gasteiger charge is 2.00. The Labute approximate surface area is 84.5 Å². The van der Waals surface area contributed by atoms with Crippen molar-refractivity contribution < 1.29 is 0 Å². The average Bonchev–Trinajstić information content (AvgIpc) is 2.47. The predicted molar refractivity (Wildman–Crippen MR) is 57.5 cm³/mol. The van der Waals surface area contributed by atoms with Crippen LogP contribution in [0.25, 0.3) is 0 Å². The maximum Gasteiger partial charge on any atom is 0.328 e. The zero-order chi connectivity index (χ0) is 10.6. The van der Waals surface area contributed by atoms with Gasteiger partial charge in [-0.3, -0.25) is 9.13 Å². The lowest BCUT2D eigenvalue weighted by atomic mass is 10.4. The van der Waals surface area contributed by atoms with Gasteiger partial charge in [0, 0.05) is 38.1 Å². The molecule has 14 heavy (non-hydrogen) atoms. The van der Waals surface area contributed by atoms with Crippen molar-refractivity contribution in [1.82, 2.24) is 14.5 Å². The van der Waals surface area contributed by atoms with E-state index in [2.05, 4.69) is 19.2 Å². The summed E-state index contributed by atoms with van der Waals surface area (Å²) in [7, 11) is 0. The lowest BCUT2D eigenvalue weighted by molar-refractivity contribution is 0.528. The van der Waals surface area contributed by atoms with Crippen molar-refractivity contribution in [1.29, 1.82) is 0 Å². The van der Waals surface area contributed by atoms with Crippen LogP contribution < -0.4 is 11.0 Å². The molecule has 0 fully saturated rings. The maximum absolute atomic E-state index is 11.6. The number of imidazole rings is 1. The molecular weight excluding hydrogens is 178 g/mol. The van der Waals surface area contributed by atoms with Crippen molar-refractivity contribution in [3.63, 3.8) is 0 Å². The van der Waals surface area contributed by atoms with Gasteiger partial charge in [-0.2, -0.15) is 0 Å². The van der Waals surface area contributed by atoms with Crippen molar-refractivity contribution >= 4 is 0 Å². The zero-order valence-corrected chi connectivity index (χ0v) is 9.16. The largest absolute Gasteiger partial charge is 0.328 e. The number of rotatable bonds is 5. The van der Waals surface area contributed by atoms with Crippen LogP contribution in [0.3, 0.4) is 0 Å². The molecule has 0 atom stereocenters. The Hall–Kier alpha value is -1.03. The van der Waals surface area contributed by atoms with Gasteiger partial charge < -0.3 is 5.32 Å². The zero-order valence-electron chi connectivity index (χ0n) is 9.16. The first kappa shape index (κ1) is 11.0. The van der Waals surface area contributed by atoms with E-state index < -0.39 is 0 Å². The molecule has 1 N–H and O–H groups in total. The molecule has 0 saturated carbocycles. The van der Waals surface area contributed by atoms with E-state index in [0.29, 0.717) is 6.04 Å². The molecule has 0 aromatic carbocycles. The van der Waals surface area contributed by atoms with Gasteiger partial charge >= 0.3 is 5.69 Å². The molecular formula is C10H19N3O. The standard InChI is InChI=1S/C10H19N3O/c1-4-12-7-8-13(10(12)14)6-5-11-9(2)3/h7-9,11H,4-6H2,1-3H3. The van der Waals surface area contributed by atoms with Gasteiger partial charge in [-0.15, -0.1) is 0 Å². The van der Waals surface area contributed by atoms with Crippen molar-refractivity contribution in [2.45, 2.75) is 39.9 Å². The lowest BCUT2D eigenvalue weighted by Gasteiger charge is -2.07. The van der Waals surface area contributed by atoms with Crippen molar-refractivity contribution in [3.8, 4) is 0 Å². The van der Waals surface area contributed by atoms with E-state index >= 15 is 0 Å². The fraction of sp³-hybridized carbons (Fsp3) is 0.700. The van der Waals surface area contributed by atoms with E-state index in [1.54, 1.807) is 9.13 Å². The molecule has 0 aliphatic heterocycles. The highest BCUT2D eigenvalue weighted by molar-refractivity contribution is 4.81. The molecule has 0 bridgehead atoms. The average molecular weight is 197 g/mol. The van der Waals surface area contributed by atoms with Gasteiger partial charge in [-0.25, -0.2) is 4.79 Å². The van der Waals surface area contributed by atoms with E-state index in [-0.39, 0.29) is 5.69 Å². The molecule has 0 aliphatic rings. The molecule has 1 aromatic heterocycles. The Morgan fingerprint density at radius 2 is 2.00 bits per heavy atom. The van der Waals surface area contributed by atoms with Gasteiger partial charge in [0.2, 0.25) is 0 Å². The molecule has 4 heteroatoms. The third-order valence-electron chi connectivity index (χ3n) is 2.16. The molecule has 80 valence electrons. The fourth-order valence-electron chi connectivity index (χ4n) is 1.34. The summed E-state index contributed by atoms with van der Waals surface area (Å²) in [5, 5.41) is 3.28. The van der Waals surface area contributed by atoms with Gasteiger partial charge in [0.15, 0.2) is 0 Å². The third-order valence-corrected chi connectivity index (χ3v) is 2.16. The first-order chi connectivity index (χ1) is 6.65. The van der Waals surface area contributed by atoms with Gasteiger partial charge in [0.1, 0.15) is 0 Å². The van der Waals surface area contributed by atoms with Crippen molar-refractivity contribution in [2.75, 3.05) is 6.54 Å². The summed E-state index contributed by atoms with van der Waals surface area (Å²) >= 11 is 0. The molecule has 0 saturated heterocycles. The monoisotopic (exact) mass is 197 g/mol. The van der Waals surface area contributed by atoms with Crippen LogP contribution in [0.2, 0.25) is 0 Å². The molecule has 0 spiro atoms. The molecule has 1 aromatic rings. The van der Waals surface area contributed by atoms with E-state index in [1.807, 2.05) is 19.3 Å². The summed E-state index contributed by atoms with van der Waals surface area (Å²) in [6.45, 7) is 8.48. The Morgan fingerprint density at radius 3 is 2.50 bits per heavy atom. The number of nitrogens with one attached hydrogen (secondary N) is 1. The second kappa shape index (κ2) is 5.00. The molecule has 0 unspecified atom stereocenters. The van der Waals surface area contributed by atoms with E-state index in [4.69, 9.17) is 0 Å². The molecule has 1 rings (SSSR count). The van der Waals surface area contributed by atoms with Gasteiger partial charge in [-0.05, 0) is 6.92 Å². The smallest absolute Gasteiger partial charge is 0.313 e. The summed E-state index contributed by atoms with van der Waals surface area (Å²) in [4.78, 5) is 11.6. The maximum atomic E-state index is 11.6. The van der Waals surface area contributed by atoms with E-state index in [1.165, 1.54) is 0 Å². The van der Waals surface area contributed by atoms with Gasteiger partial charge in [-0.1, -0.05) is 13.8 Å². The van der Waals surface area contributed by atoms with Crippen LogP contribution in [-0.2, 0) is 13.1 Å². The van der Waals surface area contributed by atoms with Crippen LogP contribution in [0.15, 0.2) is 17.2 Å². The Kier molecular flexibility index (Phi) is 3.95. The molecule has 0 amide bonds. The normalized spacial score (nSPS) is 11.1. The Balaban J connectivity index is 2.51. The first-order valence-electron chi connectivity index (χ1n) is 5.14. The second-order valence-corrected chi connectivity index (χ2v) is 3.67. The van der Waals surface area contributed by atoms with Gasteiger partial charge in [0.05, 0.1) is 0 Å². The number of aryl methyl sites for hydroxylation is 1. The Bertz CT molecular complexity index is 324. The lowest BCUT2D eigenvalue weighted by Crippen LogP contribution is -2.31. The predicted octanol–water partition coefficient (Wildman–Crippen LogP) is 0.668. The third kappa shape index (κ3) is 2.73. The number of aromatic nitrogens is 2. The number of nitrogens with zero attached hydrogens (tertiary/aromatic N) is 2. The minimum atomic E-state index is 0.0815. The summed E-state index contributed by atoms with van der Waals surface area (Å²) in [5.41, 5.74) is 0.0815. The summed E-state index contributed by atoms with van der Waals surface area (Å²) in [5.74, 6) is 0. The van der Waals surface area contributed by atoms with Crippen LogP contribution in [0, 0.1) is 0 Å². The van der Waals surface area contributed by atoms with Crippen LogP contribution in [0.5, 0.6) is 0 Å². The van der Waals surface area contributed by atoms with Crippen molar-refractivity contribution in [3.05, 3.63) is 22.9 Å². The van der Waals surface area contributed by atoms with E-state index in [0.717, 1.165) is 19.6 Å². The Morgan fingerprint density at radius 1 is 1.36 bits per heavy atom. The van der Waals surface area contributed by atoms with Crippen molar-refractivity contribution in [2.24, 2.45) is 0 Å². The van der Waals surface area contributed by atoms with Crippen LogP contribution in [0.4, 0.5) is 0 Å². The quantitative estimate of drug-likeness (QED) is 0.753. The highest BCUT2D eigenvalue weighted by atomic mass is 16.1. The van der Waals surface area contributed by atoms with Gasteiger partial charge in [0.25, 0.3) is 0 Å².